The van der Waals surface area contributed by atoms with Crippen LogP contribution in [0.25, 0.3) is 0 Å². The number of hydrogen-bond donors (Lipinski definition) is 1. The van der Waals surface area contributed by atoms with Gasteiger partial charge >= 0.3 is 0 Å². The summed E-state index contributed by atoms with van der Waals surface area (Å²) in [5, 5.41) is 3.51. The molecule has 2 fully saturated rings. The van der Waals surface area contributed by atoms with Crippen LogP contribution >= 0.6 is 0 Å². The van der Waals surface area contributed by atoms with Gasteiger partial charge in [-0.15, -0.1) is 0 Å². The smallest absolute Gasteiger partial charge is 0.0635 e. The number of morpholine rings is 1. The highest BCUT2D eigenvalue weighted by Gasteiger charge is 2.32. The lowest BCUT2D eigenvalue weighted by Gasteiger charge is -2.40. The van der Waals surface area contributed by atoms with Crippen molar-refractivity contribution in [1.82, 2.24) is 10.2 Å². The van der Waals surface area contributed by atoms with Crippen molar-refractivity contribution < 1.29 is 4.74 Å². The van der Waals surface area contributed by atoms with Gasteiger partial charge in [0.15, 0.2) is 0 Å². The molecule has 3 rings (SSSR count). The van der Waals surface area contributed by atoms with Gasteiger partial charge in [0.1, 0.15) is 0 Å². The van der Waals surface area contributed by atoms with Crippen molar-refractivity contribution in [3.63, 3.8) is 0 Å². The van der Waals surface area contributed by atoms with E-state index in [1.807, 2.05) is 0 Å². The van der Waals surface area contributed by atoms with Crippen LogP contribution in [0.2, 0.25) is 0 Å². The number of nitrogens with zero attached hydrogens (tertiary/aromatic N) is 1. The van der Waals surface area contributed by atoms with Crippen molar-refractivity contribution in [2.75, 3.05) is 26.3 Å². The molecular weight excluding hydrogens is 212 g/mol. The molecule has 0 spiro atoms. The van der Waals surface area contributed by atoms with E-state index in [2.05, 4.69) is 40.5 Å². The Labute approximate surface area is 103 Å². The Hall–Kier alpha value is -0.900. The minimum atomic E-state index is 0.538. The van der Waals surface area contributed by atoms with Gasteiger partial charge in [-0.05, 0) is 18.5 Å². The summed E-state index contributed by atoms with van der Waals surface area (Å²) < 4.78 is 5.70. The molecule has 0 aromatic heterocycles. The molecule has 3 heteroatoms. The summed E-state index contributed by atoms with van der Waals surface area (Å²) >= 11 is 0. The predicted molar refractivity (Wildman–Crippen MR) is 67.9 cm³/mol. The number of fused-ring (bicyclic) bond motifs is 2. The van der Waals surface area contributed by atoms with Crippen LogP contribution in [0, 0.1) is 0 Å². The van der Waals surface area contributed by atoms with Crippen molar-refractivity contribution in [1.29, 1.82) is 0 Å². The van der Waals surface area contributed by atoms with Gasteiger partial charge in [0.25, 0.3) is 0 Å². The van der Waals surface area contributed by atoms with Crippen LogP contribution < -0.4 is 5.32 Å². The molecule has 0 amide bonds. The minimum absolute atomic E-state index is 0.538. The van der Waals surface area contributed by atoms with Crippen LogP contribution in [-0.4, -0.2) is 43.3 Å². The van der Waals surface area contributed by atoms with Crippen molar-refractivity contribution in [2.45, 2.75) is 25.0 Å². The molecular formula is C14H20N2O. The molecule has 2 heterocycles. The van der Waals surface area contributed by atoms with Gasteiger partial charge in [-0.3, -0.25) is 4.90 Å². The normalized spacial score (nSPS) is 29.9. The highest BCUT2D eigenvalue weighted by Crippen LogP contribution is 2.21. The number of ether oxygens (including phenoxy) is 1. The topological polar surface area (TPSA) is 24.5 Å². The van der Waals surface area contributed by atoms with Crippen LogP contribution in [-0.2, 0) is 11.3 Å². The first-order valence-electron chi connectivity index (χ1n) is 6.51. The summed E-state index contributed by atoms with van der Waals surface area (Å²) in [6.07, 6.45) is 1.20. The molecule has 0 saturated carbocycles. The van der Waals surface area contributed by atoms with Crippen LogP contribution in [0.3, 0.4) is 0 Å². The first-order valence-corrected chi connectivity index (χ1v) is 6.51. The molecule has 0 radical (unpaired) electrons. The Morgan fingerprint density at radius 1 is 1.18 bits per heavy atom. The van der Waals surface area contributed by atoms with E-state index in [1.165, 1.54) is 12.0 Å². The maximum Gasteiger partial charge on any atom is 0.0635 e. The van der Waals surface area contributed by atoms with Crippen LogP contribution in [0.15, 0.2) is 30.3 Å². The minimum Gasteiger partial charge on any atom is -0.378 e. The molecule has 2 bridgehead atoms. The standard InChI is InChI=1S/C14H20N2O/c1-2-4-12(5-3-1)9-16-13-6-7-15-8-14(16)11-17-10-13/h1-5,13-15H,6-11H2/t13-,14+/m1/s1. The zero-order valence-corrected chi connectivity index (χ0v) is 10.1. The molecule has 2 aliphatic rings. The van der Waals surface area contributed by atoms with Crippen molar-refractivity contribution >= 4 is 0 Å². The monoisotopic (exact) mass is 232 g/mol. The number of benzene rings is 1. The molecule has 0 aliphatic carbocycles. The first kappa shape index (κ1) is 11.2. The Kier molecular flexibility index (Phi) is 3.41. The fourth-order valence-corrected chi connectivity index (χ4v) is 2.84. The van der Waals surface area contributed by atoms with E-state index < -0.39 is 0 Å². The molecule has 1 aromatic rings. The van der Waals surface area contributed by atoms with E-state index in [0.717, 1.165) is 32.8 Å². The molecule has 17 heavy (non-hydrogen) atoms. The summed E-state index contributed by atoms with van der Waals surface area (Å²) in [4.78, 5) is 2.62. The third kappa shape index (κ3) is 2.51. The fourth-order valence-electron chi connectivity index (χ4n) is 2.84. The van der Waals surface area contributed by atoms with Gasteiger partial charge < -0.3 is 10.1 Å². The number of rotatable bonds is 2. The second kappa shape index (κ2) is 5.17. The maximum atomic E-state index is 5.70. The highest BCUT2D eigenvalue weighted by molar-refractivity contribution is 5.15. The van der Waals surface area contributed by atoms with Gasteiger partial charge in [-0.25, -0.2) is 0 Å². The van der Waals surface area contributed by atoms with Crippen molar-refractivity contribution in [3.8, 4) is 0 Å². The zero-order valence-electron chi connectivity index (χ0n) is 10.1. The predicted octanol–water partition coefficient (Wildman–Crippen LogP) is 1.25. The molecule has 0 unspecified atom stereocenters. The lowest BCUT2D eigenvalue weighted by Crippen LogP contribution is -2.52. The lowest BCUT2D eigenvalue weighted by atomic mass is 10.1. The Bertz CT molecular complexity index is 340. The fraction of sp³-hybridized carbons (Fsp3) is 0.571. The second-order valence-corrected chi connectivity index (χ2v) is 5.00. The third-order valence-corrected chi connectivity index (χ3v) is 3.80. The van der Waals surface area contributed by atoms with Gasteiger partial charge in [0.05, 0.1) is 13.2 Å². The molecule has 2 atom stereocenters. The van der Waals surface area contributed by atoms with Gasteiger partial charge in [-0.2, -0.15) is 0 Å². The summed E-state index contributed by atoms with van der Waals surface area (Å²) in [7, 11) is 0. The van der Waals surface area contributed by atoms with Crippen LogP contribution in [0.5, 0.6) is 0 Å². The summed E-state index contributed by atoms with van der Waals surface area (Å²) in [5.74, 6) is 0. The largest absolute Gasteiger partial charge is 0.378 e. The number of hydrogen-bond acceptors (Lipinski definition) is 3. The molecule has 3 nitrogen and oxygen atoms in total. The SMILES string of the molecule is c1ccc(CN2[C@@H]3CCNC[C@H]2COC3)cc1. The summed E-state index contributed by atoms with van der Waals surface area (Å²) in [6, 6.07) is 11.9. The summed E-state index contributed by atoms with van der Waals surface area (Å²) in [5.41, 5.74) is 1.41. The quantitative estimate of drug-likeness (QED) is 0.830. The number of nitrogens with one attached hydrogen (secondary N) is 1. The average molecular weight is 232 g/mol. The van der Waals surface area contributed by atoms with Gasteiger partial charge in [0.2, 0.25) is 0 Å². The molecule has 2 saturated heterocycles. The van der Waals surface area contributed by atoms with Crippen LogP contribution in [0.1, 0.15) is 12.0 Å². The summed E-state index contributed by atoms with van der Waals surface area (Å²) in [6.45, 7) is 5.00. The van der Waals surface area contributed by atoms with Gasteiger partial charge in [0, 0.05) is 25.2 Å². The van der Waals surface area contributed by atoms with E-state index in [0.29, 0.717) is 12.1 Å². The highest BCUT2D eigenvalue weighted by atomic mass is 16.5. The zero-order chi connectivity index (χ0) is 11.5. The van der Waals surface area contributed by atoms with Crippen molar-refractivity contribution in [3.05, 3.63) is 35.9 Å². The van der Waals surface area contributed by atoms with Crippen molar-refractivity contribution in [2.24, 2.45) is 0 Å². The first-order chi connectivity index (χ1) is 8.43. The molecule has 1 N–H and O–H groups in total. The van der Waals surface area contributed by atoms with E-state index >= 15 is 0 Å². The molecule has 1 aromatic carbocycles. The van der Waals surface area contributed by atoms with E-state index in [9.17, 15) is 0 Å². The van der Waals surface area contributed by atoms with E-state index in [1.54, 1.807) is 0 Å². The van der Waals surface area contributed by atoms with Gasteiger partial charge in [-0.1, -0.05) is 30.3 Å². The lowest BCUT2D eigenvalue weighted by molar-refractivity contribution is -0.0466. The van der Waals surface area contributed by atoms with Crippen LogP contribution in [0.4, 0.5) is 0 Å². The van der Waals surface area contributed by atoms with E-state index in [4.69, 9.17) is 4.74 Å². The third-order valence-electron chi connectivity index (χ3n) is 3.80. The molecule has 2 aliphatic heterocycles. The Balaban J connectivity index is 1.76. The maximum absolute atomic E-state index is 5.70. The average Bonchev–Trinajstić information content (AvgIpc) is 2.49. The van der Waals surface area contributed by atoms with E-state index in [-0.39, 0.29) is 0 Å². The Morgan fingerprint density at radius 3 is 2.88 bits per heavy atom. The molecule has 92 valence electrons. The second-order valence-electron chi connectivity index (χ2n) is 5.00. The Morgan fingerprint density at radius 2 is 2.00 bits per heavy atom.